The van der Waals surface area contributed by atoms with E-state index in [1.54, 1.807) is 0 Å². The average Bonchev–Trinajstić information content (AvgIpc) is 3.25. The molecule has 8 heteroatoms. The summed E-state index contributed by atoms with van der Waals surface area (Å²) in [4.78, 5) is 8.76. The summed E-state index contributed by atoms with van der Waals surface area (Å²) >= 11 is 0. The van der Waals surface area contributed by atoms with Gasteiger partial charge in [0.1, 0.15) is 33.5 Å². The smallest absolute Gasteiger partial charge is 0.148 e. The normalized spacial score (nSPS) is 11.4. The van der Waals surface area contributed by atoms with E-state index in [0.717, 1.165) is 33.5 Å². The summed E-state index contributed by atoms with van der Waals surface area (Å²) in [7, 11) is -2.99. The topological polar surface area (TPSA) is 97.1 Å². The Balaban J connectivity index is 1.55. The Morgan fingerprint density at radius 1 is 1.09 bits per heavy atom. The third kappa shape index (κ3) is 5.32. The molecule has 0 atom stereocenters. The third-order valence-corrected chi connectivity index (χ3v) is 5.77. The molecule has 32 heavy (non-hydrogen) atoms. The molecule has 0 saturated carbocycles. The van der Waals surface area contributed by atoms with Crippen LogP contribution in [0.5, 0.6) is 0 Å². The Bertz CT molecular complexity index is 1400. The second-order valence-corrected chi connectivity index (χ2v) is 9.64. The number of aromatic nitrogens is 2. The molecule has 7 nitrogen and oxygen atoms in total. The van der Waals surface area contributed by atoms with Crippen LogP contribution in [-0.4, -0.2) is 36.9 Å². The van der Waals surface area contributed by atoms with Crippen LogP contribution in [0.3, 0.4) is 0 Å². The Labute approximate surface area is 186 Å². The van der Waals surface area contributed by atoms with Gasteiger partial charge in [0.2, 0.25) is 0 Å². The highest BCUT2D eigenvalue weighted by atomic mass is 32.2. The van der Waals surface area contributed by atoms with E-state index in [-0.39, 0.29) is 5.75 Å². The van der Waals surface area contributed by atoms with E-state index >= 15 is 0 Å². The van der Waals surface area contributed by atoms with Crippen LogP contribution in [-0.2, 0) is 16.4 Å². The van der Waals surface area contributed by atoms with E-state index in [1.807, 2.05) is 54.6 Å². The molecule has 0 spiro atoms. The first-order valence-corrected chi connectivity index (χ1v) is 12.0. The molecule has 162 valence electrons. The predicted octanol–water partition coefficient (Wildman–Crippen LogP) is 3.75. The zero-order valence-electron chi connectivity index (χ0n) is 17.5. The minimum atomic E-state index is -2.99. The van der Waals surface area contributed by atoms with Gasteiger partial charge in [0, 0.05) is 35.0 Å². The van der Waals surface area contributed by atoms with Crippen LogP contribution < -0.4 is 10.6 Å². The van der Waals surface area contributed by atoms with Crippen LogP contribution in [0, 0.1) is 12.3 Å². The summed E-state index contributed by atoms with van der Waals surface area (Å²) < 4.78 is 28.4. The number of nitrogens with one attached hydrogen (secondary N) is 2. The standard InChI is InChI=1S/C24H22N4O3S/c1-3-17-5-4-6-19(13-17)28-24-21-14-18(7-9-22(21)26-16-27-24)23-10-8-20(31-23)15-25-11-12-32(2,29)30/h1,4-10,13-14,16,25H,11-12,15H2,2H3,(H,26,27,28). The van der Waals surface area contributed by atoms with E-state index < -0.39 is 9.84 Å². The molecular weight excluding hydrogens is 424 g/mol. The van der Waals surface area contributed by atoms with E-state index in [4.69, 9.17) is 10.8 Å². The van der Waals surface area contributed by atoms with Crippen molar-refractivity contribution in [2.24, 2.45) is 0 Å². The Morgan fingerprint density at radius 2 is 1.97 bits per heavy atom. The van der Waals surface area contributed by atoms with Crippen LogP contribution in [0.2, 0.25) is 0 Å². The van der Waals surface area contributed by atoms with Gasteiger partial charge in [-0.2, -0.15) is 0 Å². The quantitative estimate of drug-likeness (QED) is 0.314. The van der Waals surface area contributed by atoms with Gasteiger partial charge in [0.15, 0.2) is 0 Å². The van der Waals surface area contributed by atoms with Gasteiger partial charge >= 0.3 is 0 Å². The van der Waals surface area contributed by atoms with Crippen LogP contribution in [0.4, 0.5) is 11.5 Å². The highest BCUT2D eigenvalue weighted by Crippen LogP contribution is 2.29. The number of fused-ring (bicyclic) bond motifs is 1. The summed E-state index contributed by atoms with van der Waals surface area (Å²) in [5.41, 5.74) is 3.30. The number of anilines is 2. The fourth-order valence-electron chi connectivity index (χ4n) is 3.23. The molecule has 0 amide bonds. The van der Waals surface area contributed by atoms with Crippen molar-refractivity contribution >= 4 is 32.2 Å². The largest absolute Gasteiger partial charge is 0.460 e. The van der Waals surface area contributed by atoms with Gasteiger partial charge < -0.3 is 15.1 Å². The van der Waals surface area contributed by atoms with E-state index in [0.29, 0.717) is 24.7 Å². The molecule has 0 radical (unpaired) electrons. The van der Waals surface area contributed by atoms with E-state index in [1.165, 1.54) is 12.6 Å². The first kappa shape index (κ1) is 21.6. The maximum absolute atomic E-state index is 11.2. The van der Waals surface area contributed by atoms with Crippen molar-refractivity contribution in [3.05, 3.63) is 72.2 Å². The fourth-order valence-corrected chi connectivity index (χ4v) is 3.75. The zero-order chi connectivity index (χ0) is 22.6. The number of nitrogens with zero attached hydrogens (tertiary/aromatic N) is 2. The first-order valence-electron chi connectivity index (χ1n) is 9.97. The van der Waals surface area contributed by atoms with Crippen LogP contribution in [0.15, 0.2) is 65.3 Å². The van der Waals surface area contributed by atoms with E-state index in [2.05, 4.69) is 26.5 Å². The van der Waals surface area contributed by atoms with Crippen molar-refractivity contribution in [2.45, 2.75) is 6.54 Å². The van der Waals surface area contributed by atoms with Gasteiger partial charge in [-0.05, 0) is 48.5 Å². The Morgan fingerprint density at radius 3 is 2.78 bits per heavy atom. The SMILES string of the molecule is C#Cc1cccc(Nc2ncnc3ccc(-c4ccc(CNCCS(C)(=O)=O)o4)cc23)c1. The monoisotopic (exact) mass is 446 g/mol. The summed E-state index contributed by atoms with van der Waals surface area (Å²) in [6.07, 6.45) is 8.24. The van der Waals surface area contributed by atoms with Gasteiger partial charge in [0.25, 0.3) is 0 Å². The minimum Gasteiger partial charge on any atom is -0.460 e. The molecule has 2 heterocycles. The summed E-state index contributed by atoms with van der Waals surface area (Å²) in [6.45, 7) is 0.822. The van der Waals surface area contributed by atoms with E-state index in [9.17, 15) is 8.42 Å². The second-order valence-electron chi connectivity index (χ2n) is 7.38. The fraction of sp³-hybridized carbons (Fsp3) is 0.167. The van der Waals surface area contributed by atoms with Gasteiger partial charge in [-0.3, -0.25) is 0 Å². The van der Waals surface area contributed by atoms with Gasteiger partial charge in [0.05, 0.1) is 17.8 Å². The molecule has 0 aliphatic heterocycles. The van der Waals surface area contributed by atoms with Crippen LogP contribution in [0.1, 0.15) is 11.3 Å². The Kier molecular flexibility index (Phi) is 6.21. The molecule has 0 aliphatic carbocycles. The lowest BCUT2D eigenvalue weighted by molar-refractivity contribution is 0.498. The molecule has 2 aromatic carbocycles. The highest BCUT2D eigenvalue weighted by molar-refractivity contribution is 7.90. The molecule has 2 aromatic heterocycles. The number of benzene rings is 2. The summed E-state index contributed by atoms with van der Waals surface area (Å²) in [5.74, 6) is 4.81. The van der Waals surface area contributed by atoms with Crippen LogP contribution >= 0.6 is 0 Å². The number of furan rings is 1. The lowest BCUT2D eigenvalue weighted by atomic mass is 10.1. The third-order valence-electron chi connectivity index (χ3n) is 4.82. The molecule has 0 bridgehead atoms. The van der Waals surface area contributed by atoms with Crippen molar-refractivity contribution in [3.8, 4) is 23.7 Å². The van der Waals surface area contributed by atoms with Crippen molar-refractivity contribution in [2.75, 3.05) is 23.9 Å². The summed E-state index contributed by atoms with van der Waals surface area (Å²) in [6, 6.07) is 17.2. The molecule has 0 unspecified atom stereocenters. The first-order chi connectivity index (χ1) is 15.4. The molecule has 0 saturated heterocycles. The molecule has 4 rings (SSSR count). The molecular formula is C24H22N4O3S. The van der Waals surface area contributed by atoms with Gasteiger partial charge in [-0.25, -0.2) is 18.4 Å². The second kappa shape index (κ2) is 9.22. The average molecular weight is 447 g/mol. The molecule has 0 aliphatic rings. The number of hydrogen-bond donors (Lipinski definition) is 2. The van der Waals surface area contributed by atoms with Crippen LogP contribution in [0.25, 0.3) is 22.2 Å². The lowest BCUT2D eigenvalue weighted by Crippen LogP contribution is -2.21. The number of terminal acetylenes is 1. The predicted molar refractivity (Wildman–Crippen MR) is 126 cm³/mol. The molecule has 2 N–H and O–H groups in total. The maximum Gasteiger partial charge on any atom is 0.148 e. The highest BCUT2D eigenvalue weighted by Gasteiger charge is 2.10. The minimum absolute atomic E-state index is 0.0886. The molecule has 0 fully saturated rings. The number of hydrogen-bond acceptors (Lipinski definition) is 7. The van der Waals surface area contributed by atoms with Crippen molar-refractivity contribution < 1.29 is 12.8 Å². The molecule has 4 aromatic rings. The lowest BCUT2D eigenvalue weighted by Gasteiger charge is -2.09. The van der Waals surface area contributed by atoms with Crippen molar-refractivity contribution in [1.82, 2.24) is 15.3 Å². The van der Waals surface area contributed by atoms with Crippen molar-refractivity contribution in [3.63, 3.8) is 0 Å². The van der Waals surface area contributed by atoms with Gasteiger partial charge in [-0.1, -0.05) is 12.0 Å². The number of sulfone groups is 1. The zero-order valence-corrected chi connectivity index (χ0v) is 18.3. The van der Waals surface area contributed by atoms with Crippen molar-refractivity contribution in [1.29, 1.82) is 0 Å². The summed E-state index contributed by atoms with van der Waals surface area (Å²) in [5, 5.41) is 7.24. The van der Waals surface area contributed by atoms with Gasteiger partial charge in [-0.15, -0.1) is 6.42 Å². The Hall–Kier alpha value is -3.67. The maximum atomic E-state index is 11.2. The number of rotatable bonds is 8.